The second-order valence-electron chi connectivity index (χ2n) is 9.29. The number of anilines is 2. The number of para-hydroxylation sites is 2. The minimum Gasteiger partial charge on any atom is -0.315 e. The topological polar surface area (TPSA) is 69.7 Å². The van der Waals surface area contributed by atoms with E-state index >= 15 is 0 Å². The molecule has 6 heteroatoms. The highest BCUT2D eigenvalue weighted by Crippen LogP contribution is 2.38. The second kappa shape index (κ2) is 9.06. The molecule has 1 fully saturated rings. The van der Waals surface area contributed by atoms with Gasteiger partial charge in [0.05, 0.1) is 11.4 Å². The van der Waals surface area contributed by atoms with Gasteiger partial charge in [-0.3, -0.25) is 19.4 Å². The summed E-state index contributed by atoms with van der Waals surface area (Å²) < 4.78 is 0. The SMILES string of the molecule is O=C1NC(c2ccccc2)(c2ccccc2)C(=O)N1CC(=O)N1c2ccccc2CCc2ccccc21. The average Bonchev–Trinajstić information content (AvgIpc) is 3.09. The van der Waals surface area contributed by atoms with E-state index in [1.165, 1.54) is 0 Å². The first-order valence-electron chi connectivity index (χ1n) is 12.3. The Balaban J connectivity index is 1.40. The molecule has 182 valence electrons. The number of imide groups is 1. The Morgan fingerprint density at radius 3 is 1.65 bits per heavy atom. The molecule has 4 aromatic carbocycles. The van der Waals surface area contributed by atoms with Crippen molar-refractivity contribution >= 4 is 29.2 Å². The predicted molar refractivity (Wildman–Crippen MR) is 141 cm³/mol. The molecule has 6 nitrogen and oxygen atoms in total. The van der Waals surface area contributed by atoms with Crippen LogP contribution in [0, 0.1) is 0 Å². The molecule has 1 saturated heterocycles. The smallest absolute Gasteiger partial charge is 0.315 e. The molecule has 0 aromatic heterocycles. The van der Waals surface area contributed by atoms with Crippen LogP contribution in [0.3, 0.4) is 0 Å². The number of nitrogens with one attached hydrogen (secondary N) is 1. The summed E-state index contributed by atoms with van der Waals surface area (Å²) in [6, 6.07) is 33.3. The zero-order chi connectivity index (χ0) is 25.4. The van der Waals surface area contributed by atoms with Gasteiger partial charge in [0, 0.05) is 0 Å². The fourth-order valence-electron chi connectivity index (χ4n) is 5.41. The van der Waals surface area contributed by atoms with E-state index in [-0.39, 0.29) is 12.5 Å². The van der Waals surface area contributed by atoms with Crippen molar-refractivity contribution in [3.8, 4) is 0 Å². The molecule has 4 amide bonds. The normalized spacial score (nSPS) is 16.0. The van der Waals surface area contributed by atoms with Gasteiger partial charge in [-0.15, -0.1) is 0 Å². The summed E-state index contributed by atoms with van der Waals surface area (Å²) in [5.74, 6) is -0.818. The van der Waals surface area contributed by atoms with E-state index in [2.05, 4.69) is 5.32 Å². The van der Waals surface area contributed by atoms with Crippen LogP contribution in [0.25, 0.3) is 0 Å². The lowest BCUT2D eigenvalue weighted by molar-refractivity contribution is -0.133. The molecule has 0 atom stereocenters. The maximum Gasteiger partial charge on any atom is 0.326 e. The number of amides is 4. The van der Waals surface area contributed by atoms with Gasteiger partial charge in [0.1, 0.15) is 6.54 Å². The number of carbonyl (C=O) groups is 3. The summed E-state index contributed by atoms with van der Waals surface area (Å²) in [6.07, 6.45) is 1.59. The molecule has 0 unspecified atom stereocenters. The lowest BCUT2D eigenvalue weighted by Gasteiger charge is -2.29. The predicted octanol–water partition coefficient (Wildman–Crippen LogP) is 4.95. The van der Waals surface area contributed by atoms with E-state index in [0.29, 0.717) is 11.1 Å². The minimum absolute atomic E-state index is 0.345. The van der Waals surface area contributed by atoms with Crippen LogP contribution < -0.4 is 10.2 Å². The molecule has 0 spiro atoms. The Morgan fingerprint density at radius 2 is 1.14 bits per heavy atom. The molecule has 2 aliphatic rings. The van der Waals surface area contributed by atoms with E-state index in [1.54, 1.807) is 4.90 Å². The van der Waals surface area contributed by atoms with Gasteiger partial charge < -0.3 is 5.32 Å². The van der Waals surface area contributed by atoms with Crippen molar-refractivity contribution in [2.24, 2.45) is 0 Å². The van der Waals surface area contributed by atoms with Crippen LogP contribution in [0.4, 0.5) is 16.2 Å². The number of nitrogens with zero attached hydrogens (tertiary/aromatic N) is 2. The number of fused-ring (bicyclic) bond motifs is 2. The number of hydrogen-bond donors (Lipinski definition) is 1. The van der Waals surface area contributed by atoms with Crippen LogP contribution in [0.15, 0.2) is 109 Å². The fourth-order valence-corrected chi connectivity index (χ4v) is 5.41. The molecule has 37 heavy (non-hydrogen) atoms. The molecule has 0 aliphatic carbocycles. The van der Waals surface area contributed by atoms with E-state index in [0.717, 1.165) is 40.2 Å². The van der Waals surface area contributed by atoms with Crippen LogP contribution in [0.5, 0.6) is 0 Å². The van der Waals surface area contributed by atoms with Gasteiger partial charge in [-0.2, -0.15) is 0 Å². The van der Waals surface area contributed by atoms with Crippen molar-refractivity contribution in [1.29, 1.82) is 0 Å². The maximum absolute atomic E-state index is 14.1. The van der Waals surface area contributed by atoms with Gasteiger partial charge >= 0.3 is 6.03 Å². The van der Waals surface area contributed by atoms with E-state index in [1.807, 2.05) is 109 Å². The first kappa shape index (κ1) is 22.7. The first-order chi connectivity index (χ1) is 18.1. The molecule has 2 aliphatic heterocycles. The number of urea groups is 1. The molecule has 6 rings (SSSR count). The zero-order valence-corrected chi connectivity index (χ0v) is 20.1. The Morgan fingerprint density at radius 1 is 0.676 bits per heavy atom. The van der Waals surface area contributed by atoms with Gasteiger partial charge in [-0.1, -0.05) is 97.1 Å². The third-order valence-corrected chi connectivity index (χ3v) is 7.19. The van der Waals surface area contributed by atoms with E-state index < -0.39 is 17.5 Å². The van der Waals surface area contributed by atoms with Crippen LogP contribution >= 0.6 is 0 Å². The van der Waals surface area contributed by atoms with E-state index in [9.17, 15) is 14.4 Å². The van der Waals surface area contributed by atoms with Crippen LogP contribution in [-0.4, -0.2) is 29.3 Å². The highest BCUT2D eigenvalue weighted by atomic mass is 16.2. The van der Waals surface area contributed by atoms with Crippen molar-refractivity contribution in [3.63, 3.8) is 0 Å². The molecule has 0 radical (unpaired) electrons. The molecule has 0 saturated carbocycles. The number of benzene rings is 4. The van der Waals surface area contributed by atoms with Crippen molar-refractivity contribution in [3.05, 3.63) is 131 Å². The van der Waals surface area contributed by atoms with Gasteiger partial charge in [0.15, 0.2) is 5.54 Å². The third kappa shape index (κ3) is 3.69. The molecular formula is C31H25N3O3. The highest BCUT2D eigenvalue weighted by molar-refractivity contribution is 6.13. The number of rotatable bonds is 4. The summed E-state index contributed by atoms with van der Waals surface area (Å²) in [7, 11) is 0. The lowest BCUT2D eigenvalue weighted by Crippen LogP contribution is -2.46. The van der Waals surface area contributed by atoms with Crippen molar-refractivity contribution in [2.45, 2.75) is 18.4 Å². The molecule has 2 heterocycles. The van der Waals surface area contributed by atoms with Crippen molar-refractivity contribution < 1.29 is 14.4 Å². The van der Waals surface area contributed by atoms with Gasteiger partial charge in [-0.05, 0) is 47.2 Å². The van der Waals surface area contributed by atoms with Gasteiger partial charge in [0.25, 0.3) is 11.8 Å². The lowest BCUT2D eigenvalue weighted by atomic mass is 9.82. The summed E-state index contributed by atoms with van der Waals surface area (Å²) in [6.45, 7) is -0.380. The summed E-state index contributed by atoms with van der Waals surface area (Å²) in [5.41, 5.74) is 3.53. The van der Waals surface area contributed by atoms with Gasteiger partial charge in [0.2, 0.25) is 0 Å². The zero-order valence-electron chi connectivity index (χ0n) is 20.1. The molecule has 1 N–H and O–H groups in total. The summed E-state index contributed by atoms with van der Waals surface area (Å²) in [5, 5.41) is 2.93. The largest absolute Gasteiger partial charge is 0.326 e. The maximum atomic E-state index is 14.1. The van der Waals surface area contributed by atoms with Crippen molar-refractivity contribution in [1.82, 2.24) is 10.2 Å². The third-order valence-electron chi connectivity index (χ3n) is 7.19. The highest BCUT2D eigenvalue weighted by Gasteiger charge is 2.54. The molecule has 0 bridgehead atoms. The summed E-state index contributed by atoms with van der Waals surface area (Å²) in [4.78, 5) is 44.1. The van der Waals surface area contributed by atoms with Crippen LogP contribution in [0.2, 0.25) is 0 Å². The number of hydrogen-bond acceptors (Lipinski definition) is 3. The number of carbonyl (C=O) groups excluding carboxylic acids is 3. The Bertz CT molecular complexity index is 1410. The standard InChI is InChI=1S/C31H25N3O3/c35-28(34-26-17-9-7-11-22(26)19-20-23-12-8-10-18-27(23)34)21-33-29(36)31(32-30(33)37,24-13-3-1-4-14-24)25-15-5-2-6-16-25/h1-18H,19-21H2,(H,32,37). The fraction of sp³-hybridized carbons (Fsp3) is 0.129. The average molecular weight is 488 g/mol. The van der Waals surface area contributed by atoms with Crippen LogP contribution in [-0.2, 0) is 28.0 Å². The Labute approximate surface area is 215 Å². The number of aryl methyl sites for hydroxylation is 2. The quantitative estimate of drug-likeness (QED) is 0.415. The molecular weight excluding hydrogens is 462 g/mol. The van der Waals surface area contributed by atoms with Gasteiger partial charge in [-0.25, -0.2) is 4.79 Å². The monoisotopic (exact) mass is 487 g/mol. The Hall–Kier alpha value is -4.71. The van der Waals surface area contributed by atoms with Crippen LogP contribution in [0.1, 0.15) is 22.3 Å². The molecule has 4 aromatic rings. The second-order valence-corrected chi connectivity index (χ2v) is 9.29. The first-order valence-corrected chi connectivity index (χ1v) is 12.3. The van der Waals surface area contributed by atoms with E-state index in [4.69, 9.17) is 0 Å². The summed E-state index contributed by atoms with van der Waals surface area (Å²) >= 11 is 0. The minimum atomic E-state index is -1.41. The van der Waals surface area contributed by atoms with Crippen molar-refractivity contribution in [2.75, 3.05) is 11.4 Å². The Kier molecular flexibility index (Phi) is 5.57.